The zero-order valence-corrected chi connectivity index (χ0v) is 13.4. The molecule has 0 amide bonds. The number of hydrogen-bond donors (Lipinski definition) is 1. The summed E-state index contributed by atoms with van der Waals surface area (Å²) in [5.41, 5.74) is 8.02. The minimum Gasteiger partial charge on any atom is -0.322 e. The van der Waals surface area contributed by atoms with Crippen molar-refractivity contribution >= 4 is 11.3 Å². The number of rotatable bonds is 6. The van der Waals surface area contributed by atoms with Crippen LogP contribution in [0.4, 0.5) is 4.39 Å². The average Bonchev–Trinajstić information content (AvgIpc) is 2.83. The molecule has 2 rings (SSSR count). The van der Waals surface area contributed by atoms with Gasteiger partial charge in [-0.3, -0.25) is 4.98 Å². The van der Waals surface area contributed by atoms with Gasteiger partial charge < -0.3 is 10.6 Å². The molecule has 0 saturated heterocycles. The predicted molar refractivity (Wildman–Crippen MR) is 83.5 cm³/mol. The number of aromatic nitrogens is 2. The van der Waals surface area contributed by atoms with Crippen LogP contribution in [0.25, 0.3) is 0 Å². The molecule has 0 radical (unpaired) electrons. The fraction of sp³-hybridized carbons (Fsp3) is 0.467. The molecule has 2 aromatic heterocycles. The molecule has 0 aromatic carbocycles. The zero-order valence-electron chi connectivity index (χ0n) is 12.6. The molecular formula is C15H21FN4S. The van der Waals surface area contributed by atoms with Crippen LogP contribution in [0.2, 0.25) is 0 Å². The zero-order chi connectivity index (χ0) is 15.4. The highest BCUT2D eigenvalue weighted by Crippen LogP contribution is 2.19. The highest BCUT2D eigenvalue weighted by Gasteiger charge is 2.18. The number of thiazole rings is 1. The van der Waals surface area contributed by atoms with Crippen LogP contribution in [-0.2, 0) is 6.54 Å². The summed E-state index contributed by atoms with van der Waals surface area (Å²) in [5, 5.41) is 3.16. The third kappa shape index (κ3) is 4.56. The second-order valence-electron chi connectivity index (χ2n) is 5.46. The molecule has 0 aliphatic heterocycles. The summed E-state index contributed by atoms with van der Waals surface area (Å²) in [6.07, 6.45) is 1.21. The monoisotopic (exact) mass is 308 g/mol. The lowest BCUT2D eigenvalue weighted by atomic mass is 9.98. The van der Waals surface area contributed by atoms with Crippen molar-refractivity contribution in [1.82, 2.24) is 14.9 Å². The van der Waals surface area contributed by atoms with E-state index in [0.29, 0.717) is 0 Å². The smallest absolute Gasteiger partial charge is 0.141 e. The number of halogens is 1. The van der Waals surface area contributed by atoms with Crippen molar-refractivity contribution in [2.24, 2.45) is 11.7 Å². The summed E-state index contributed by atoms with van der Waals surface area (Å²) < 4.78 is 12.9. The molecule has 2 atom stereocenters. The summed E-state index contributed by atoms with van der Waals surface area (Å²) >= 11 is 1.66. The second-order valence-corrected chi connectivity index (χ2v) is 6.52. The van der Waals surface area contributed by atoms with Gasteiger partial charge in [0.25, 0.3) is 0 Å². The SMILES string of the molecule is Cc1nc(CN(C)CC(C)C(N)c2ccc(F)cn2)cs1. The number of pyridine rings is 1. The van der Waals surface area contributed by atoms with Gasteiger partial charge in [-0.05, 0) is 32.0 Å². The molecule has 4 nitrogen and oxygen atoms in total. The molecule has 2 unspecified atom stereocenters. The Bertz CT molecular complexity index is 569. The van der Waals surface area contributed by atoms with E-state index in [2.05, 4.69) is 34.2 Å². The van der Waals surface area contributed by atoms with E-state index in [1.807, 2.05) is 6.92 Å². The Balaban J connectivity index is 1.90. The highest BCUT2D eigenvalue weighted by atomic mass is 32.1. The van der Waals surface area contributed by atoms with Gasteiger partial charge in [0.1, 0.15) is 5.82 Å². The van der Waals surface area contributed by atoms with Crippen molar-refractivity contribution in [2.45, 2.75) is 26.4 Å². The Morgan fingerprint density at radius 2 is 2.19 bits per heavy atom. The van der Waals surface area contributed by atoms with Crippen LogP contribution >= 0.6 is 11.3 Å². The van der Waals surface area contributed by atoms with Crippen LogP contribution in [0.3, 0.4) is 0 Å². The summed E-state index contributed by atoms with van der Waals surface area (Å²) in [6, 6.07) is 2.85. The minimum atomic E-state index is -0.338. The normalized spacial score (nSPS) is 14.4. The van der Waals surface area contributed by atoms with Gasteiger partial charge in [-0.1, -0.05) is 6.92 Å². The van der Waals surface area contributed by atoms with E-state index in [-0.39, 0.29) is 17.8 Å². The molecule has 0 saturated carbocycles. The molecule has 6 heteroatoms. The fourth-order valence-corrected chi connectivity index (χ4v) is 2.91. The quantitative estimate of drug-likeness (QED) is 0.891. The minimum absolute atomic E-state index is 0.203. The molecule has 0 bridgehead atoms. The topological polar surface area (TPSA) is 55.0 Å². The standard InChI is InChI=1S/C15H21FN4S/c1-10(15(17)14-5-4-12(16)6-18-14)7-20(3)8-13-9-21-11(2)19-13/h4-6,9-10,15H,7-8,17H2,1-3H3. The van der Waals surface area contributed by atoms with Crippen molar-refractivity contribution < 1.29 is 4.39 Å². The van der Waals surface area contributed by atoms with Crippen LogP contribution in [0.15, 0.2) is 23.7 Å². The van der Waals surface area contributed by atoms with E-state index < -0.39 is 0 Å². The van der Waals surface area contributed by atoms with Gasteiger partial charge in [0.05, 0.1) is 28.6 Å². The van der Waals surface area contributed by atoms with E-state index in [4.69, 9.17) is 5.73 Å². The lowest BCUT2D eigenvalue weighted by Crippen LogP contribution is -2.31. The van der Waals surface area contributed by atoms with Gasteiger partial charge in [-0.2, -0.15) is 0 Å². The van der Waals surface area contributed by atoms with Crippen LogP contribution < -0.4 is 5.73 Å². The summed E-state index contributed by atoms with van der Waals surface area (Å²) in [5.74, 6) is -0.123. The molecule has 0 fully saturated rings. The maximum Gasteiger partial charge on any atom is 0.141 e. The molecular weight excluding hydrogens is 287 g/mol. The Morgan fingerprint density at radius 3 is 2.76 bits per heavy atom. The first-order valence-electron chi connectivity index (χ1n) is 6.92. The maximum absolute atomic E-state index is 12.9. The van der Waals surface area contributed by atoms with E-state index >= 15 is 0 Å². The van der Waals surface area contributed by atoms with Gasteiger partial charge in [0, 0.05) is 18.5 Å². The van der Waals surface area contributed by atoms with Crippen molar-refractivity contribution in [1.29, 1.82) is 0 Å². The Labute approximate surface area is 128 Å². The third-order valence-corrected chi connectivity index (χ3v) is 4.23. The summed E-state index contributed by atoms with van der Waals surface area (Å²) in [7, 11) is 2.05. The van der Waals surface area contributed by atoms with Gasteiger partial charge >= 0.3 is 0 Å². The molecule has 21 heavy (non-hydrogen) atoms. The Hall–Kier alpha value is -1.37. The number of nitrogens with two attached hydrogens (primary N) is 1. The van der Waals surface area contributed by atoms with Gasteiger partial charge in [0.15, 0.2) is 0 Å². The van der Waals surface area contributed by atoms with E-state index in [1.165, 1.54) is 12.3 Å². The van der Waals surface area contributed by atoms with Crippen LogP contribution in [-0.4, -0.2) is 28.5 Å². The highest BCUT2D eigenvalue weighted by molar-refractivity contribution is 7.09. The third-order valence-electron chi connectivity index (χ3n) is 3.40. The lowest BCUT2D eigenvalue weighted by Gasteiger charge is -2.25. The van der Waals surface area contributed by atoms with Gasteiger partial charge in [0.2, 0.25) is 0 Å². The van der Waals surface area contributed by atoms with Crippen LogP contribution in [0.1, 0.15) is 29.4 Å². The first-order chi connectivity index (χ1) is 9.95. The van der Waals surface area contributed by atoms with Crippen LogP contribution in [0, 0.1) is 18.7 Å². The van der Waals surface area contributed by atoms with E-state index in [9.17, 15) is 4.39 Å². The van der Waals surface area contributed by atoms with Crippen molar-refractivity contribution in [2.75, 3.05) is 13.6 Å². The summed E-state index contributed by atoms with van der Waals surface area (Å²) in [4.78, 5) is 10.7. The maximum atomic E-state index is 12.9. The summed E-state index contributed by atoms with van der Waals surface area (Å²) in [6.45, 7) is 5.72. The van der Waals surface area contributed by atoms with Gasteiger partial charge in [-0.25, -0.2) is 9.37 Å². The van der Waals surface area contributed by atoms with Crippen LogP contribution in [0.5, 0.6) is 0 Å². The van der Waals surface area contributed by atoms with Crippen molar-refractivity contribution in [3.63, 3.8) is 0 Å². The average molecular weight is 308 g/mol. The Morgan fingerprint density at radius 1 is 1.43 bits per heavy atom. The molecule has 0 spiro atoms. The first-order valence-corrected chi connectivity index (χ1v) is 7.80. The van der Waals surface area contributed by atoms with E-state index in [0.717, 1.165) is 29.5 Å². The first kappa shape index (κ1) is 16.0. The molecule has 2 heterocycles. The molecule has 114 valence electrons. The lowest BCUT2D eigenvalue weighted by molar-refractivity contribution is 0.254. The number of nitrogens with zero attached hydrogens (tertiary/aromatic N) is 3. The number of aryl methyl sites for hydroxylation is 1. The Kier molecular flexibility index (Phi) is 5.39. The van der Waals surface area contributed by atoms with Crippen molar-refractivity contribution in [3.05, 3.63) is 45.9 Å². The molecule has 2 aromatic rings. The largest absolute Gasteiger partial charge is 0.322 e. The number of hydrogen-bond acceptors (Lipinski definition) is 5. The van der Waals surface area contributed by atoms with Gasteiger partial charge in [-0.15, -0.1) is 11.3 Å². The second kappa shape index (κ2) is 7.06. The molecule has 0 aliphatic carbocycles. The fourth-order valence-electron chi connectivity index (χ4n) is 2.30. The van der Waals surface area contributed by atoms with Crippen molar-refractivity contribution in [3.8, 4) is 0 Å². The molecule has 2 N–H and O–H groups in total. The van der Waals surface area contributed by atoms with E-state index in [1.54, 1.807) is 17.4 Å². The molecule has 0 aliphatic rings. The predicted octanol–water partition coefficient (Wildman–Crippen LogP) is 2.75.